The van der Waals surface area contributed by atoms with Gasteiger partial charge in [-0.05, 0) is 31.0 Å². The second kappa shape index (κ2) is 6.12. The molecule has 94 valence electrons. The summed E-state index contributed by atoms with van der Waals surface area (Å²) in [5.74, 6) is 0. The van der Waals surface area contributed by atoms with Crippen molar-refractivity contribution < 1.29 is 0 Å². The van der Waals surface area contributed by atoms with Crippen LogP contribution in [0.3, 0.4) is 0 Å². The topological polar surface area (TPSA) is 12.0 Å². The minimum absolute atomic E-state index is 0.480. The molecule has 0 spiro atoms. The molecule has 2 atom stereocenters. The van der Waals surface area contributed by atoms with Crippen molar-refractivity contribution in [1.29, 1.82) is 0 Å². The molecule has 1 aromatic rings. The summed E-state index contributed by atoms with van der Waals surface area (Å²) in [5.41, 5.74) is 1.40. The first-order valence-electron chi connectivity index (χ1n) is 6.46. The van der Waals surface area contributed by atoms with Crippen molar-refractivity contribution in [3.8, 4) is 0 Å². The zero-order valence-electron chi connectivity index (χ0n) is 10.5. The zero-order valence-corrected chi connectivity index (χ0v) is 12.1. The van der Waals surface area contributed by atoms with Gasteiger partial charge in [0.25, 0.3) is 0 Å². The van der Waals surface area contributed by atoms with Crippen LogP contribution in [-0.4, -0.2) is 11.8 Å². The molecule has 17 heavy (non-hydrogen) atoms. The van der Waals surface area contributed by atoms with E-state index in [4.69, 9.17) is 11.6 Å². The normalized spacial score (nSPS) is 22.8. The van der Waals surface area contributed by atoms with E-state index in [1.54, 1.807) is 0 Å². The monoisotopic (exact) mass is 269 g/mol. The Balaban J connectivity index is 2.23. The molecular weight excluding hydrogens is 250 g/mol. The van der Waals surface area contributed by atoms with E-state index in [-0.39, 0.29) is 0 Å². The van der Waals surface area contributed by atoms with Gasteiger partial charge in [0.2, 0.25) is 0 Å². The van der Waals surface area contributed by atoms with Gasteiger partial charge in [-0.15, -0.1) is 11.8 Å². The summed E-state index contributed by atoms with van der Waals surface area (Å²) in [4.78, 5) is 1.29. The fourth-order valence-electron chi connectivity index (χ4n) is 2.37. The minimum Gasteiger partial charge on any atom is -0.309 e. The molecule has 0 saturated carbocycles. The molecule has 0 saturated heterocycles. The first kappa shape index (κ1) is 13.3. The molecule has 1 nitrogen and oxygen atoms in total. The summed E-state index contributed by atoms with van der Waals surface area (Å²) in [5, 5.41) is 5.22. The maximum Gasteiger partial charge on any atom is 0.0545 e. The smallest absolute Gasteiger partial charge is 0.0545 e. The molecule has 0 amide bonds. The lowest BCUT2D eigenvalue weighted by molar-refractivity contribution is 0.498. The number of hydrogen-bond acceptors (Lipinski definition) is 2. The molecule has 1 aliphatic heterocycles. The van der Waals surface area contributed by atoms with E-state index < -0.39 is 0 Å². The molecule has 1 heterocycles. The Morgan fingerprint density at radius 2 is 2.12 bits per heavy atom. The van der Waals surface area contributed by atoms with Crippen molar-refractivity contribution >= 4 is 23.4 Å². The molecule has 0 aromatic heterocycles. The zero-order chi connectivity index (χ0) is 12.3. The highest BCUT2D eigenvalue weighted by atomic mass is 35.5. The molecule has 0 fully saturated rings. The van der Waals surface area contributed by atoms with Crippen LogP contribution in [0.5, 0.6) is 0 Å². The Labute approximate surface area is 113 Å². The quantitative estimate of drug-likeness (QED) is 0.835. The number of nitrogens with one attached hydrogen (secondary N) is 1. The van der Waals surface area contributed by atoms with Gasteiger partial charge in [0.1, 0.15) is 0 Å². The third-order valence-corrected chi connectivity index (χ3v) is 5.09. The maximum absolute atomic E-state index is 6.29. The maximum atomic E-state index is 6.29. The second-order valence-electron chi connectivity index (χ2n) is 4.53. The minimum atomic E-state index is 0.480. The highest BCUT2D eigenvalue weighted by molar-refractivity contribution is 8.00. The van der Waals surface area contributed by atoms with Gasteiger partial charge in [0.05, 0.1) is 5.02 Å². The van der Waals surface area contributed by atoms with E-state index >= 15 is 0 Å². The number of fused-ring (bicyclic) bond motifs is 1. The Bertz CT molecular complexity index is 380. The van der Waals surface area contributed by atoms with Gasteiger partial charge in [-0.25, -0.2) is 0 Å². The van der Waals surface area contributed by atoms with Crippen LogP contribution in [0, 0.1) is 0 Å². The number of halogens is 1. The fraction of sp³-hybridized carbons (Fsp3) is 0.571. The van der Waals surface area contributed by atoms with Crippen molar-refractivity contribution in [1.82, 2.24) is 5.32 Å². The Hall–Kier alpha value is -0.180. The molecule has 2 unspecified atom stereocenters. The molecule has 1 aromatic carbocycles. The number of benzene rings is 1. The van der Waals surface area contributed by atoms with Crippen LogP contribution in [0.25, 0.3) is 0 Å². The summed E-state index contributed by atoms with van der Waals surface area (Å²) in [6, 6.07) is 6.76. The molecule has 1 N–H and O–H groups in total. The second-order valence-corrected chi connectivity index (χ2v) is 6.19. The number of thioether (sulfide) groups is 1. The van der Waals surface area contributed by atoms with Gasteiger partial charge in [0, 0.05) is 16.2 Å². The van der Waals surface area contributed by atoms with Crippen LogP contribution in [0.2, 0.25) is 5.02 Å². The van der Waals surface area contributed by atoms with Crippen LogP contribution in [0.4, 0.5) is 0 Å². The third-order valence-electron chi connectivity index (χ3n) is 3.16. The van der Waals surface area contributed by atoms with Gasteiger partial charge >= 0.3 is 0 Å². The van der Waals surface area contributed by atoms with Crippen molar-refractivity contribution in [2.75, 3.05) is 6.54 Å². The highest BCUT2D eigenvalue weighted by Crippen LogP contribution is 2.48. The average Bonchev–Trinajstić information content (AvgIpc) is 2.67. The SMILES string of the molecule is CCCNC1c2cccc(Cl)c2SC1CCC. The summed E-state index contributed by atoms with van der Waals surface area (Å²) in [6.07, 6.45) is 3.65. The summed E-state index contributed by atoms with van der Waals surface area (Å²) in [7, 11) is 0. The van der Waals surface area contributed by atoms with Gasteiger partial charge in [-0.2, -0.15) is 0 Å². The van der Waals surface area contributed by atoms with Crippen molar-refractivity contribution in [2.45, 2.75) is 49.3 Å². The van der Waals surface area contributed by atoms with Gasteiger partial charge < -0.3 is 5.32 Å². The molecule has 2 rings (SSSR count). The van der Waals surface area contributed by atoms with Gasteiger partial charge in [-0.3, -0.25) is 0 Å². The van der Waals surface area contributed by atoms with Crippen LogP contribution < -0.4 is 5.32 Å². The van der Waals surface area contributed by atoms with Crippen LogP contribution in [-0.2, 0) is 0 Å². The average molecular weight is 270 g/mol. The standard InChI is InChI=1S/C14H20ClNS/c1-3-6-12-13(16-9-4-2)10-7-5-8-11(15)14(10)17-12/h5,7-8,12-13,16H,3-4,6,9H2,1-2H3. The summed E-state index contributed by atoms with van der Waals surface area (Å²) >= 11 is 8.24. The van der Waals surface area contributed by atoms with E-state index in [2.05, 4.69) is 31.3 Å². The van der Waals surface area contributed by atoms with E-state index in [0.717, 1.165) is 11.6 Å². The lowest BCUT2D eigenvalue weighted by Crippen LogP contribution is -2.27. The van der Waals surface area contributed by atoms with E-state index in [9.17, 15) is 0 Å². The third kappa shape index (κ3) is 2.81. The number of rotatable bonds is 5. The van der Waals surface area contributed by atoms with Gasteiger partial charge in [-0.1, -0.05) is 44.0 Å². The van der Waals surface area contributed by atoms with E-state index in [0.29, 0.717) is 11.3 Å². The summed E-state index contributed by atoms with van der Waals surface area (Å²) < 4.78 is 0. The molecule has 0 radical (unpaired) electrons. The predicted octanol–water partition coefficient (Wildman–Crippen LogP) is 4.66. The number of hydrogen-bond donors (Lipinski definition) is 1. The largest absolute Gasteiger partial charge is 0.309 e. The van der Waals surface area contributed by atoms with E-state index in [1.807, 2.05) is 17.8 Å². The molecule has 0 aliphatic carbocycles. The van der Waals surface area contributed by atoms with Gasteiger partial charge in [0.15, 0.2) is 0 Å². The first-order valence-corrected chi connectivity index (χ1v) is 7.72. The lowest BCUT2D eigenvalue weighted by Gasteiger charge is -2.20. The van der Waals surface area contributed by atoms with Crippen LogP contribution in [0.1, 0.15) is 44.7 Å². The Kier molecular flexibility index (Phi) is 4.78. The molecule has 3 heteroatoms. The van der Waals surface area contributed by atoms with E-state index in [1.165, 1.54) is 29.7 Å². The van der Waals surface area contributed by atoms with Crippen molar-refractivity contribution in [3.05, 3.63) is 28.8 Å². The molecule has 1 aliphatic rings. The Morgan fingerprint density at radius 1 is 1.29 bits per heavy atom. The fourth-order valence-corrected chi connectivity index (χ4v) is 4.23. The highest BCUT2D eigenvalue weighted by Gasteiger charge is 2.33. The predicted molar refractivity (Wildman–Crippen MR) is 77.0 cm³/mol. The van der Waals surface area contributed by atoms with Crippen molar-refractivity contribution in [3.63, 3.8) is 0 Å². The molecular formula is C14H20ClNS. The first-order chi connectivity index (χ1) is 8.27. The van der Waals surface area contributed by atoms with Crippen LogP contribution in [0.15, 0.2) is 23.1 Å². The molecule has 0 bridgehead atoms. The lowest BCUT2D eigenvalue weighted by atomic mass is 10.0. The Morgan fingerprint density at radius 3 is 2.82 bits per heavy atom. The van der Waals surface area contributed by atoms with Crippen LogP contribution >= 0.6 is 23.4 Å². The summed E-state index contributed by atoms with van der Waals surface area (Å²) in [6.45, 7) is 5.54. The van der Waals surface area contributed by atoms with Crippen molar-refractivity contribution in [2.24, 2.45) is 0 Å².